The third-order valence-electron chi connectivity index (χ3n) is 4.90. The number of hydrogen-bond acceptors (Lipinski definition) is 7. The summed E-state index contributed by atoms with van der Waals surface area (Å²) in [6.07, 6.45) is 5.60. The van der Waals surface area contributed by atoms with E-state index in [0.29, 0.717) is 11.0 Å². The molecule has 0 aliphatic heterocycles. The lowest BCUT2D eigenvalue weighted by atomic mass is 10.0. The van der Waals surface area contributed by atoms with Crippen LogP contribution in [0.2, 0.25) is 5.15 Å². The minimum atomic E-state index is -0.257. The summed E-state index contributed by atoms with van der Waals surface area (Å²) in [5, 5.41) is 17.8. The Morgan fingerprint density at radius 2 is 2.03 bits per heavy atom. The van der Waals surface area contributed by atoms with Crippen LogP contribution in [0.4, 0.5) is 5.82 Å². The van der Waals surface area contributed by atoms with Gasteiger partial charge in [-0.15, -0.1) is 0 Å². The van der Waals surface area contributed by atoms with E-state index in [-0.39, 0.29) is 16.8 Å². The summed E-state index contributed by atoms with van der Waals surface area (Å²) in [6.45, 7) is 1.98. The van der Waals surface area contributed by atoms with Gasteiger partial charge in [-0.1, -0.05) is 23.4 Å². The van der Waals surface area contributed by atoms with E-state index in [2.05, 4.69) is 32.5 Å². The van der Waals surface area contributed by atoms with Crippen LogP contribution in [0.3, 0.4) is 0 Å². The molecule has 152 valence electrons. The maximum absolute atomic E-state index is 9.54. The topological polar surface area (TPSA) is 97.2 Å². The second-order valence-electron chi connectivity index (χ2n) is 6.79. The van der Waals surface area contributed by atoms with Crippen molar-refractivity contribution in [3.63, 3.8) is 0 Å². The highest BCUT2D eigenvalue weighted by Crippen LogP contribution is 2.33. The first-order valence-corrected chi connectivity index (χ1v) is 10.8. The molecule has 10 heteroatoms. The van der Waals surface area contributed by atoms with Gasteiger partial charge in [-0.05, 0) is 31.4 Å². The number of pyridine rings is 1. The van der Waals surface area contributed by atoms with Gasteiger partial charge in [0.1, 0.15) is 11.6 Å². The van der Waals surface area contributed by atoms with E-state index in [1.165, 1.54) is 11.8 Å². The van der Waals surface area contributed by atoms with Crippen molar-refractivity contribution in [2.45, 2.75) is 18.1 Å². The van der Waals surface area contributed by atoms with Gasteiger partial charge in [-0.3, -0.25) is 4.68 Å². The zero-order valence-electron chi connectivity index (χ0n) is 16.9. The Balaban J connectivity index is 1.84. The quantitative estimate of drug-likeness (QED) is 0.283. The average Bonchev–Trinajstić information content (AvgIpc) is 3.32. The van der Waals surface area contributed by atoms with Crippen LogP contribution in [0.1, 0.15) is 24.2 Å². The number of nitrogens with zero attached hydrogens (tertiary/aromatic N) is 7. The number of aryl methyl sites for hydroxylation is 2. The molecule has 8 nitrogen and oxygen atoms in total. The molecule has 0 aliphatic carbocycles. The van der Waals surface area contributed by atoms with Crippen LogP contribution in [0.25, 0.3) is 22.3 Å². The minimum absolute atomic E-state index is 0.130. The summed E-state index contributed by atoms with van der Waals surface area (Å²) in [5.74, 6) is 0.389. The number of fused-ring (bicyclic) bond motifs is 1. The van der Waals surface area contributed by atoms with Gasteiger partial charge in [0.25, 0.3) is 0 Å². The lowest BCUT2D eigenvalue weighted by Gasteiger charge is -2.19. The first-order chi connectivity index (χ1) is 14.4. The van der Waals surface area contributed by atoms with Gasteiger partial charge in [0.05, 0.1) is 28.5 Å². The van der Waals surface area contributed by atoms with E-state index in [1.54, 1.807) is 6.20 Å². The Morgan fingerprint density at radius 1 is 1.23 bits per heavy atom. The van der Waals surface area contributed by atoms with E-state index in [4.69, 9.17) is 16.6 Å². The van der Waals surface area contributed by atoms with Crippen molar-refractivity contribution < 1.29 is 0 Å². The molecule has 0 aliphatic rings. The lowest BCUT2D eigenvalue weighted by Crippen LogP contribution is -2.14. The fourth-order valence-electron chi connectivity index (χ4n) is 3.36. The molecule has 4 heterocycles. The van der Waals surface area contributed by atoms with Crippen LogP contribution < -0.4 is 5.32 Å². The van der Waals surface area contributed by atoms with E-state index < -0.39 is 0 Å². The molecule has 0 saturated heterocycles. The van der Waals surface area contributed by atoms with Gasteiger partial charge in [0, 0.05) is 32.1 Å². The lowest BCUT2D eigenvalue weighted by molar-refractivity contribution is 0.768. The van der Waals surface area contributed by atoms with Crippen LogP contribution in [0.15, 0.2) is 35.7 Å². The Labute approximate surface area is 182 Å². The molecular formula is C20H19ClN8S. The Morgan fingerprint density at radius 3 is 2.70 bits per heavy atom. The zero-order chi connectivity index (χ0) is 21.4. The number of aromatic nitrogens is 6. The molecule has 0 aromatic carbocycles. The zero-order valence-corrected chi connectivity index (χ0v) is 18.5. The highest BCUT2D eigenvalue weighted by Gasteiger charge is 2.21. The fourth-order valence-corrected chi connectivity index (χ4v) is 3.98. The summed E-state index contributed by atoms with van der Waals surface area (Å²) in [5.41, 5.74) is 4.84. The minimum Gasteiger partial charge on any atom is -0.361 e. The van der Waals surface area contributed by atoms with Crippen LogP contribution >= 0.6 is 23.4 Å². The van der Waals surface area contributed by atoms with Gasteiger partial charge in [-0.25, -0.2) is 15.0 Å². The predicted molar refractivity (Wildman–Crippen MR) is 118 cm³/mol. The molecule has 1 unspecified atom stereocenters. The maximum atomic E-state index is 9.54. The van der Waals surface area contributed by atoms with Crippen molar-refractivity contribution in [2.24, 2.45) is 14.1 Å². The van der Waals surface area contributed by atoms with Gasteiger partial charge >= 0.3 is 0 Å². The van der Waals surface area contributed by atoms with Gasteiger partial charge in [0.2, 0.25) is 0 Å². The van der Waals surface area contributed by atoms with Crippen LogP contribution in [-0.4, -0.2) is 35.6 Å². The Kier molecular flexibility index (Phi) is 5.37. The molecule has 0 amide bonds. The number of nitriles is 1. The van der Waals surface area contributed by atoms with E-state index in [0.717, 1.165) is 28.0 Å². The molecule has 1 atom stereocenters. The van der Waals surface area contributed by atoms with E-state index in [1.807, 2.05) is 54.9 Å². The third-order valence-corrected chi connectivity index (χ3v) is 5.72. The van der Waals surface area contributed by atoms with Crippen molar-refractivity contribution in [1.29, 1.82) is 5.26 Å². The first-order valence-electron chi connectivity index (χ1n) is 9.15. The molecule has 0 saturated carbocycles. The first kappa shape index (κ1) is 20.2. The summed E-state index contributed by atoms with van der Waals surface area (Å²) in [6, 6.07) is 7.88. The van der Waals surface area contributed by atoms with Gasteiger partial charge < -0.3 is 9.88 Å². The average molecular weight is 439 g/mol. The maximum Gasteiger partial charge on any atom is 0.190 e. The second-order valence-corrected chi connectivity index (χ2v) is 7.93. The molecule has 4 aromatic heterocycles. The molecule has 0 bridgehead atoms. The van der Waals surface area contributed by atoms with Crippen LogP contribution in [0, 0.1) is 11.3 Å². The summed E-state index contributed by atoms with van der Waals surface area (Å²) < 4.78 is 3.85. The molecule has 0 spiro atoms. The standard InChI is InChI=1S/C20H19ClN8S/c1-11(24-19-13(10-22)18(21)26-20(27-19)30-4)17-12(15-5-7-23-29(15)3)9-16-14(25-17)6-8-28(16)2/h5-9,11H,1-4H3,(H,24,26,27). The number of anilines is 1. The number of rotatable bonds is 5. The van der Waals surface area contributed by atoms with Crippen LogP contribution in [0.5, 0.6) is 0 Å². The van der Waals surface area contributed by atoms with Gasteiger partial charge in [0.15, 0.2) is 16.1 Å². The van der Waals surface area contributed by atoms with Crippen LogP contribution in [-0.2, 0) is 14.1 Å². The van der Waals surface area contributed by atoms with E-state index in [9.17, 15) is 5.26 Å². The molecule has 0 fully saturated rings. The second kappa shape index (κ2) is 7.97. The highest BCUT2D eigenvalue weighted by atomic mass is 35.5. The third kappa shape index (κ3) is 3.49. The Bertz CT molecular complexity index is 1290. The molecular weight excluding hydrogens is 420 g/mol. The number of nitrogens with one attached hydrogen (secondary N) is 1. The smallest absolute Gasteiger partial charge is 0.190 e. The molecule has 1 N–H and O–H groups in total. The number of hydrogen-bond donors (Lipinski definition) is 1. The fraction of sp³-hybridized carbons (Fsp3) is 0.250. The van der Waals surface area contributed by atoms with Crippen molar-refractivity contribution in [2.75, 3.05) is 11.6 Å². The van der Waals surface area contributed by atoms with Crippen molar-refractivity contribution in [3.8, 4) is 17.3 Å². The summed E-state index contributed by atoms with van der Waals surface area (Å²) >= 11 is 7.56. The monoisotopic (exact) mass is 438 g/mol. The summed E-state index contributed by atoms with van der Waals surface area (Å²) in [7, 11) is 3.89. The predicted octanol–water partition coefficient (Wildman–Crippen LogP) is 4.18. The highest BCUT2D eigenvalue weighted by molar-refractivity contribution is 7.98. The molecule has 30 heavy (non-hydrogen) atoms. The van der Waals surface area contributed by atoms with Crippen molar-refractivity contribution in [1.82, 2.24) is 29.3 Å². The molecule has 4 rings (SSSR count). The number of thioether (sulfide) groups is 1. The Hall–Kier alpha value is -3.09. The number of halogens is 1. The van der Waals surface area contributed by atoms with Gasteiger partial charge in [-0.2, -0.15) is 10.4 Å². The largest absolute Gasteiger partial charge is 0.361 e. The molecule has 4 aromatic rings. The molecule has 0 radical (unpaired) electrons. The van der Waals surface area contributed by atoms with Crippen molar-refractivity contribution in [3.05, 3.63) is 47.0 Å². The van der Waals surface area contributed by atoms with E-state index >= 15 is 0 Å². The normalized spacial score (nSPS) is 12.1. The summed E-state index contributed by atoms with van der Waals surface area (Å²) in [4.78, 5) is 13.5. The van der Waals surface area contributed by atoms with Crippen molar-refractivity contribution >= 4 is 40.2 Å². The SMILES string of the molecule is CSc1nc(Cl)c(C#N)c(NC(C)c2nc3ccn(C)c3cc2-c2ccnn2C)n1.